The second kappa shape index (κ2) is 17.6. The number of aromatic nitrogens is 4. The van der Waals surface area contributed by atoms with Gasteiger partial charge in [0.1, 0.15) is 5.52 Å². The number of nitriles is 1. The fraction of sp³-hybridized carbons (Fsp3) is 0.185. The summed E-state index contributed by atoms with van der Waals surface area (Å²) >= 11 is 0. The van der Waals surface area contributed by atoms with Crippen LogP contribution in [0.25, 0.3) is 83.5 Å². The van der Waals surface area contributed by atoms with E-state index in [2.05, 4.69) is 123 Å². The van der Waals surface area contributed by atoms with Crippen molar-refractivity contribution in [2.75, 3.05) is 0 Å². The van der Waals surface area contributed by atoms with Crippen molar-refractivity contribution in [1.29, 1.82) is 5.26 Å². The number of benzene rings is 6. The van der Waals surface area contributed by atoms with Gasteiger partial charge >= 0.3 is 5.89 Å². The first-order valence-corrected chi connectivity index (χ1v) is 24.5. The Hall–Kier alpha value is -6.50. The summed E-state index contributed by atoms with van der Waals surface area (Å²) in [4.78, 5) is 13.9. The molecule has 10 heteroatoms. The largest absolute Gasteiger partial charge is 0.497 e. The van der Waals surface area contributed by atoms with Gasteiger partial charge in [0.15, 0.2) is 17.2 Å². The van der Waals surface area contributed by atoms with Gasteiger partial charge in [-0.05, 0) is 81.4 Å². The summed E-state index contributed by atoms with van der Waals surface area (Å²) in [7, 11) is -1.30. The fourth-order valence-electron chi connectivity index (χ4n) is 8.08. The molecule has 0 aliphatic rings. The number of imidazole rings is 1. The van der Waals surface area contributed by atoms with E-state index in [1.165, 1.54) is 23.4 Å². The number of fused-ring (bicyclic) bond motifs is 6. The first-order chi connectivity index (χ1) is 31.5. The number of nitrogens with zero attached hydrogens (tertiary/aromatic N) is 5. The molecule has 0 bridgehead atoms. The molecule has 0 unspecified atom stereocenters. The van der Waals surface area contributed by atoms with Crippen LogP contribution in [0.4, 0.5) is 4.39 Å². The average molecular weight is 1040 g/mol. The molecule has 0 N–H and O–H groups in total. The smallest absolute Gasteiger partial charge is 0.301 e. The predicted octanol–water partition coefficient (Wildman–Crippen LogP) is 13.9. The first-order valence-electron chi connectivity index (χ1n) is 22.5. The molecule has 0 aliphatic carbocycles. The zero-order valence-corrected chi connectivity index (χ0v) is 39.9. The number of hydrogen-bond acceptors (Lipinski definition) is 6. The number of halogens is 1. The molecule has 7 nitrogen and oxygen atoms in total. The van der Waals surface area contributed by atoms with E-state index in [0.717, 1.165) is 50.2 Å². The number of aryl methyl sites for hydroxylation is 1. The van der Waals surface area contributed by atoms with E-state index in [0.29, 0.717) is 38.8 Å². The third-order valence-electron chi connectivity index (χ3n) is 11.4. The van der Waals surface area contributed by atoms with E-state index in [9.17, 15) is 9.65 Å². The Bertz CT molecular complexity index is 3450. The molecule has 1 radical (unpaired) electrons. The molecule has 6 aromatic carbocycles. The van der Waals surface area contributed by atoms with Gasteiger partial charge in [0.2, 0.25) is 0 Å². The van der Waals surface area contributed by atoms with Gasteiger partial charge < -0.3 is 18.4 Å². The summed E-state index contributed by atoms with van der Waals surface area (Å²) in [5.74, 6) is 0.520. The van der Waals surface area contributed by atoms with E-state index in [1.54, 1.807) is 18.2 Å². The first kappa shape index (κ1) is 40.3. The van der Waals surface area contributed by atoms with E-state index in [1.807, 2.05) is 42.6 Å². The Labute approximate surface area is 391 Å². The van der Waals surface area contributed by atoms with E-state index in [4.69, 9.17) is 17.9 Å². The summed E-state index contributed by atoms with van der Waals surface area (Å²) in [6.45, 7) is 13.2. The molecule has 0 atom stereocenters. The fourth-order valence-corrected chi connectivity index (χ4v) is 9.11. The zero-order chi connectivity index (χ0) is 46.7. The maximum Gasteiger partial charge on any atom is 0.301 e. The van der Waals surface area contributed by atoms with Gasteiger partial charge in [-0.2, -0.15) is 10.2 Å². The Kier molecular flexibility index (Phi) is 11.1. The molecule has 0 amide bonds. The van der Waals surface area contributed by atoms with E-state index >= 15 is 0 Å². The number of rotatable bonds is 7. The van der Waals surface area contributed by atoms with Gasteiger partial charge in [-0.3, -0.25) is 9.37 Å². The number of pyridine rings is 1. The van der Waals surface area contributed by atoms with Crippen LogP contribution in [0, 0.1) is 36.1 Å². The van der Waals surface area contributed by atoms with Crippen LogP contribution in [0.3, 0.4) is 0 Å². The van der Waals surface area contributed by atoms with Crippen molar-refractivity contribution in [1.82, 2.24) is 19.5 Å². The Morgan fingerprint density at radius 1 is 0.766 bits per heavy atom. The third-order valence-corrected chi connectivity index (χ3v) is 13.4. The van der Waals surface area contributed by atoms with E-state index < -0.39 is 14.9 Å². The number of oxazole rings is 1. The van der Waals surface area contributed by atoms with Crippen LogP contribution in [0.5, 0.6) is 0 Å². The summed E-state index contributed by atoms with van der Waals surface area (Å²) in [5, 5.41) is 11.8. The maximum absolute atomic E-state index is 12.8. The average Bonchev–Trinajstić information content (AvgIpc) is 4.02. The molecule has 4 heterocycles. The van der Waals surface area contributed by atoms with Crippen LogP contribution in [0.15, 0.2) is 130 Å². The zero-order valence-electron chi connectivity index (χ0n) is 39.5. The quantitative estimate of drug-likeness (QED) is 0.117. The Morgan fingerprint density at radius 2 is 1.50 bits per heavy atom. The second-order valence-electron chi connectivity index (χ2n) is 17.3. The van der Waals surface area contributed by atoms with Crippen LogP contribution in [-0.4, -0.2) is 27.6 Å². The van der Waals surface area contributed by atoms with Gasteiger partial charge in [0, 0.05) is 47.3 Å². The monoisotopic (exact) mass is 1040 g/mol. The standard InChI is InChI=1S/C40H31N4O2.C14H15FNSi.Ir/c1-22(2)29-19-26(25-11-7-6-8-12-25)20-30(23(3)4)36(29)44-33-14-10-9-13-31(33)43-40(44)28-16-15-24(5)35-27-17-18-32-39(38(27)46-37(28)35)45-34(21-41)42-32;1-17(2,3)13-8-9-14(16-10-13)11-4-6-12(15)7-5-11;/h6-15,17-20,22-23H,1-5H3;4,6-10H,1-3H3;/q2*-1;/i5D3;;. The normalized spacial score (nSPS) is 12.5. The van der Waals surface area contributed by atoms with Gasteiger partial charge in [-0.1, -0.05) is 120 Å². The number of furan rings is 1. The van der Waals surface area contributed by atoms with Crippen molar-refractivity contribution < 1.29 is 37.4 Å². The number of hydrogen-bond donors (Lipinski definition) is 0. The molecule has 64 heavy (non-hydrogen) atoms. The molecular formula is C54H46FIrN5O2Si-2. The van der Waals surface area contributed by atoms with Gasteiger partial charge in [0.05, 0.1) is 30.5 Å². The molecule has 321 valence electrons. The summed E-state index contributed by atoms with van der Waals surface area (Å²) in [6.07, 6.45) is 1.93. The van der Waals surface area contributed by atoms with Crippen LogP contribution < -0.4 is 5.19 Å². The van der Waals surface area contributed by atoms with Crippen LogP contribution >= 0.6 is 0 Å². The predicted molar refractivity (Wildman–Crippen MR) is 255 cm³/mol. The van der Waals surface area contributed by atoms with Crippen LogP contribution in [0.2, 0.25) is 19.6 Å². The van der Waals surface area contributed by atoms with Crippen LogP contribution in [0.1, 0.15) is 66.2 Å². The summed E-state index contributed by atoms with van der Waals surface area (Å²) in [6, 6.07) is 44.6. The van der Waals surface area contributed by atoms with E-state index in [-0.39, 0.29) is 54.8 Å². The molecule has 0 aliphatic heterocycles. The van der Waals surface area contributed by atoms with Crippen molar-refractivity contribution in [2.24, 2.45) is 0 Å². The minimum atomic E-state index is -2.46. The Balaban J connectivity index is 0.000000285. The molecule has 0 saturated heterocycles. The minimum absolute atomic E-state index is 0. The minimum Gasteiger partial charge on any atom is -0.497 e. The maximum atomic E-state index is 12.8. The second-order valence-corrected chi connectivity index (χ2v) is 22.4. The topological polar surface area (TPSA) is 93.7 Å². The SMILES string of the molecule is C[Si](C)(C)c1ccc(-c2[c-]cc(F)cc2)nc1.[2H]C([2H])([2H])c1c[c-]c(-c2nc3ccccc3n2-c2c(C(C)C)cc(-c3ccccc3)cc2C(C)C)c2oc3c(ccc4nc(C#N)oc43)c12.[Ir]. The van der Waals surface area contributed by atoms with Crippen molar-refractivity contribution in [2.45, 2.75) is 66.0 Å². The molecule has 0 fully saturated rings. The van der Waals surface area contributed by atoms with Gasteiger partial charge in [-0.15, -0.1) is 47.5 Å². The molecule has 10 rings (SSSR count). The van der Waals surface area contributed by atoms with Crippen molar-refractivity contribution >= 4 is 57.3 Å². The molecule has 4 aromatic heterocycles. The Morgan fingerprint density at radius 3 is 2.14 bits per heavy atom. The van der Waals surface area contributed by atoms with Crippen molar-refractivity contribution in [3.8, 4) is 45.5 Å². The summed E-state index contributed by atoms with van der Waals surface area (Å²) < 4.78 is 52.6. The van der Waals surface area contributed by atoms with Crippen molar-refractivity contribution in [3.05, 3.63) is 162 Å². The molecule has 0 saturated carbocycles. The molecule has 0 spiro atoms. The van der Waals surface area contributed by atoms with Gasteiger partial charge in [-0.25, -0.2) is 0 Å². The molecular weight excluding hydrogens is 990 g/mol. The van der Waals surface area contributed by atoms with Crippen molar-refractivity contribution in [3.63, 3.8) is 0 Å². The third kappa shape index (κ3) is 8.12. The summed E-state index contributed by atoms with van der Waals surface area (Å²) in [5.41, 5.74) is 10.9. The van der Waals surface area contributed by atoms with Gasteiger partial charge in [0.25, 0.3) is 0 Å². The number of para-hydroxylation sites is 2. The van der Waals surface area contributed by atoms with Crippen LogP contribution in [-0.2, 0) is 20.1 Å². The molecule has 10 aromatic rings.